The predicted molar refractivity (Wildman–Crippen MR) is 143 cm³/mol. The summed E-state index contributed by atoms with van der Waals surface area (Å²) in [6, 6.07) is 30.7. The maximum atomic E-state index is 5.27. The molecule has 0 aliphatic carbocycles. The van der Waals surface area contributed by atoms with Gasteiger partial charge in [0.1, 0.15) is 0 Å². The Balaban J connectivity index is 1.64. The smallest absolute Gasteiger partial charge is 0.156 e. The van der Waals surface area contributed by atoms with Gasteiger partial charge in [-0.15, -0.1) is 9.24 Å². The third-order valence-corrected chi connectivity index (χ3v) is 7.54. The quantitative estimate of drug-likeness (QED) is 0.106. The van der Waals surface area contributed by atoms with E-state index in [9.17, 15) is 0 Å². The van der Waals surface area contributed by atoms with Crippen LogP contribution < -0.4 is 0 Å². The minimum absolute atomic E-state index is 0.0529. The standard InChI is InChI=1S/C30H39O2P/c1-31-29(32-2)24-14-6-4-3-5-9-17-25-18-15-16-23-28(25)30(33,26-19-10-7-11-20-26)27-21-12-8-13-22-27/h7-8,10-13,15-16,18-23,29H,3-6,9,14,17,24,33H2,1-2H3. The number of aryl methyl sites for hydroxylation is 1. The van der Waals surface area contributed by atoms with E-state index < -0.39 is 0 Å². The zero-order valence-corrected chi connectivity index (χ0v) is 21.4. The molecule has 0 N–H and O–H groups in total. The Kier molecular flexibility index (Phi) is 10.6. The molecule has 0 aromatic heterocycles. The number of hydrogen-bond acceptors (Lipinski definition) is 2. The number of methoxy groups -OCH3 is 2. The largest absolute Gasteiger partial charge is 0.356 e. The molecule has 0 aliphatic rings. The summed E-state index contributed by atoms with van der Waals surface area (Å²) < 4.78 is 10.5. The topological polar surface area (TPSA) is 18.5 Å². The predicted octanol–water partition coefficient (Wildman–Crippen LogP) is 7.75. The first-order valence-electron chi connectivity index (χ1n) is 12.2. The minimum atomic E-state index is -0.252. The molecule has 0 bridgehead atoms. The second-order valence-corrected chi connectivity index (χ2v) is 9.62. The van der Waals surface area contributed by atoms with Gasteiger partial charge in [0.2, 0.25) is 0 Å². The Bertz CT molecular complexity index is 883. The summed E-state index contributed by atoms with van der Waals surface area (Å²) in [5, 5.41) is -0.252. The van der Waals surface area contributed by atoms with E-state index >= 15 is 0 Å². The second-order valence-electron chi connectivity index (χ2n) is 8.76. The third-order valence-electron chi connectivity index (χ3n) is 6.56. The number of unbranched alkanes of at least 4 members (excludes halogenated alkanes) is 5. The van der Waals surface area contributed by atoms with Crippen LogP contribution in [0.3, 0.4) is 0 Å². The molecule has 0 aliphatic heterocycles. The Hall–Kier alpha value is -1.99. The molecule has 3 aromatic rings. The molecule has 3 heteroatoms. The van der Waals surface area contributed by atoms with Crippen LogP contribution in [0.1, 0.15) is 67.2 Å². The fraction of sp³-hybridized carbons (Fsp3) is 0.400. The van der Waals surface area contributed by atoms with Gasteiger partial charge in [-0.1, -0.05) is 111 Å². The van der Waals surface area contributed by atoms with Crippen LogP contribution in [0.5, 0.6) is 0 Å². The van der Waals surface area contributed by atoms with Gasteiger partial charge in [0.15, 0.2) is 6.29 Å². The molecule has 33 heavy (non-hydrogen) atoms. The van der Waals surface area contributed by atoms with Gasteiger partial charge >= 0.3 is 0 Å². The van der Waals surface area contributed by atoms with Crippen LogP contribution >= 0.6 is 9.24 Å². The van der Waals surface area contributed by atoms with Crippen molar-refractivity contribution < 1.29 is 9.47 Å². The molecule has 0 radical (unpaired) electrons. The lowest BCUT2D eigenvalue weighted by molar-refractivity contribution is -0.107. The van der Waals surface area contributed by atoms with Crippen molar-refractivity contribution >= 4 is 9.24 Å². The van der Waals surface area contributed by atoms with Crippen molar-refractivity contribution in [2.24, 2.45) is 0 Å². The number of benzene rings is 3. The third kappa shape index (κ3) is 7.00. The van der Waals surface area contributed by atoms with Gasteiger partial charge in [-0.05, 0) is 47.9 Å². The Morgan fingerprint density at radius 1 is 0.636 bits per heavy atom. The van der Waals surface area contributed by atoms with Gasteiger partial charge < -0.3 is 9.47 Å². The van der Waals surface area contributed by atoms with E-state index in [1.807, 2.05) is 0 Å². The number of hydrogen-bond donors (Lipinski definition) is 0. The summed E-state index contributed by atoms with van der Waals surface area (Å²) in [4.78, 5) is 0. The van der Waals surface area contributed by atoms with E-state index in [1.165, 1.54) is 60.8 Å². The van der Waals surface area contributed by atoms with Gasteiger partial charge in [0, 0.05) is 14.2 Å². The molecule has 0 heterocycles. The van der Waals surface area contributed by atoms with Gasteiger partial charge in [-0.25, -0.2) is 0 Å². The summed E-state index contributed by atoms with van der Waals surface area (Å²) >= 11 is 0. The summed E-state index contributed by atoms with van der Waals surface area (Å²) in [6.07, 6.45) is 9.52. The van der Waals surface area contributed by atoms with Crippen molar-refractivity contribution in [2.75, 3.05) is 14.2 Å². The van der Waals surface area contributed by atoms with Crippen LogP contribution in [0.25, 0.3) is 0 Å². The molecule has 0 fully saturated rings. The fourth-order valence-corrected chi connectivity index (χ4v) is 5.33. The lowest BCUT2D eigenvalue weighted by Gasteiger charge is -2.33. The molecule has 0 saturated carbocycles. The summed E-state index contributed by atoms with van der Waals surface area (Å²) in [5.41, 5.74) is 5.44. The summed E-state index contributed by atoms with van der Waals surface area (Å²) in [7, 11) is 6.62. The highest BCUT2D eigenvalue weighted by molar-refractivity contribution is 7.19. The Morgan fingerprint density at radius 3 is 1.70 bits per heavy atom. The molecule has 1 unspecified atom stereocenters. The van der Waals surface area contributed by atoms with Crippen LogP contribution in [-0.4, -0.2) is 20.5 Å². The van der Waals surface area contributed by atoms with E-state index in [-0.39, 0.29) is 11.4 Å². The highest BCUT2D eigenvalue weighted by Crippen LogP contribution is 2.46. The first-order chi connectivity index (χ1) is 16.2. The average Bonchev–Trinajstić information content (AvgIpc) is 2.88. The normalized spacial score (nSPS) is 11.8. The Morgan fingerprint density at radius 2 is 1.12 bits per heavy atom. The van der Waals surface area contributed by atoms with Gasteiger partial charge in [-0.3, -0.25) is 0 Å². The lowest BCUT2D eigenvalue weighted by Crippen LogP contribution is -2.23. The van der Waals surface area contributed by atoms with Gasteiger partial charge in [0.25, 0.3) is 0 Å². The van der Waals surface area contributed by atoms with E-state index in [2.05, 4.69) is 94.2 Å². The van der Waals surface area contributed by atoms with Crippen LogP contribution in [0.2, 0.25) is 0 Å². The van der Waals surface area contributed by atoms with Crippen molar-refractivity contribution in [2.45, 2.75) is 62.8 Å². The van der Waals surface area contributed by atoms with Crippen molar-refractivity contribution in [3.8, 4) is 0 Å². The van der Waals surface area contributed by atoms with Crippen molar-refractivity contribution in [1.29, 1.82) is 0 Å². The molecule has 0 amide bonds. The average molecular weight is 463 g/mol. The first-order valence-corrected chi connectivity index (χ1v) is 12.8. The van der Waals surface area contributed by atoms with E-state index in [0.717, 1.165) is 12.8 Å². The lowest BCUT2D eigenvalue weighted by atomic mass is 9.81. The zero-order chi connectivity index (χ0) is 23.4. The minimum Gasteiger partial charge on any atom is -0.356 e. The van der Waals surface area contributed by atoms with E-state index in [4.69, 9.17) is 9.47 Å². The second kappa shape index (κ2) is 13.7. The maximum Gasteiger partial charge on any atom is 0.156 e. The van der Waals surface area contributed by atoms with Crippen LogP contribution in [0.4, 0.5) is 0 Å². The summed E-state index contributed by atoms with van der Waals surface area (Å²) in [6.45, 7) is 0. The number of ether oxygens (including phenoxy) is 2. The van der Waals surface area contributed by atoms with Crippen LogP contribution in [0.15, 0.2) is 84.9 Å². The maximum absolute atomic E-state index is 5.27. The van der Waals surface area contributed by atoms with Gasteiger partial charge in [0.05, 0.1) is 5.16 Å². The van der Waals surface area contributed by atoms with Crippen molar-refractivity contribution in [3.05, 3.63) is 107 Å². The summed E-state index contributed by atoms with van der Waals surface area (Å²) in [5.74, 6) is 0. The fourth-order valence-electron chi connectivity index (χ4n) is 4.67. The molecular weight excluding hydrogens is 423 g/mol. The van der Waals surface area contributed by atoms with E-state index in [1.54, 1.807) is 14.2 Å². The van der Waals surface area contributed by atoms with Crippen LogP contribution in [0, 0.1) is 0 Å². The van der Waals surface area contributed by atoms with Crippen LogP contribution in [-0.2, 0) is 21.1 Å². The SMILES string of the molecule is COC(CCCCCCCCc1ccccc1C(P)(c1ccccc1)c1ccccc1)OC. The highest BCUT2D eigenvalue weighted by Gasteiger charge is 2.32. The van der Waals surface area contributed by atoms with E-state index in [0.29, 0.717) is 0 Å². The van der Waals surface area contributed by atoms with Crippen molar-refractivity contribution in [1.82, 2.24) is 0 Å². The molecule has 0 saturated heterocycles. The molecule has 3 rings (SSSR count). The first kappa shape index (κ1) is 25.6. The molecule has 1 atom stereocenters. The monoisotopic (exact) mass is 462 g/mol. The Labute approximate surface area is 202 Å². The molecule has 176 valence electrons. The van der Waals surface area contributed by atoms with Crippen molar-refractivity contribution in [3.63, 3.8) is 0 Å². The zero-order valence-electron chi connectivity index (χ0n) is 20.2. The molecule has 3 aromatic carbocycles. The highest BCUT2D eigenvalue weighted by atomic mass is 31.0. The molecule has 0 spiro atoms. The molecule has 2 nitrogen and oxygen atoms in total. The number of rotatable bonds is 14. The molecular formula is C30H39O2P. The van der Waals surface area contributed by atoms with Gasteiger partial charge in [-0.2, -0.15) is 0 Å².